The van der Waals surface area contributed by atoms with Gasteiger partial charge in [0.25, 0.3) is 0 Å². The molecule has 3 heterocycles. The Hall–Kier alpha value is -1.89. The van der Waals surface area contributed by atoms with Crippen molar-refractivity contribution < 1.29 is 4.74 Å². The highest BCUT2D eigenvalue weighted by atomic mass is 16.5. The lowest BCUT2D eigenvalue weighted by atomic mass is 10.2. The Bertz CT molecular complexity index is 655. The molecule has 23 heavy (non-hydrogen) atoms. The molecule has 7 heteroatoms. The average Bonchev–Trinajstić information content (AvgIpc) is 3.13. The first-order chi connectivity index (χ1) is 11.2. The van der Waals surface area contributed by atoms with Crippen molar-refractivity contribution in [2.24, 2.45) is 0 Å². The van der Waals surface area contributed by atoms with Crippen LogP contribution in [0.5, 0.6) is 0 Å². The second-order valence-corrected chi connectivity index (χ2v) is 6.22. The van der Waals surface area contributed by atoms with Crippen LogP contribution in [0.25, 0.3) is 11.2 Å². The molecule has 0 saturated carbocycles. The van der Waals surface area contributed by atoms with Crippen LogP contribution in [-0.2, 0) is 4.74 Å². The number of fused-ring (bicyclic) bond motifs is 1. The molecule has 0 bridgehead atoms. The quantitative estimate of drug-likeness (QED) is 0.762. The lowest BCUT2D eigenvalue weighted by Crippen LogP contribution is -2.11. The largest absolute Gasteiger partial charge is 0.382 e. The average molecular weight is 318 g/mol. The number of hydrogen-bond donors (Lipinski definition) is 2. The van der Waals surface area contributed by atoms with Crippen molar-refractivity contribution in [2.45, 2.75) is 64.7 Å². The Morgan fingerprint density at radius 2 is 2.17 bits per heavy atom. The van der Waals surface area contributed by atoms with E-state index in [1.54, 1.807) is 6.33 Å². The Morgan fingerprint density at radius 3 is 2.91 bits per heavy atom. The van der Waals surface area contributed by atoms with E-state index in [1.807, 2.05) is 4.57 Å². The summed E-state index contributed by atoms with van der Waals surface area (Å²) in [6.45, 7) is 5.15. The number of nitrogens with one attached hydrogen (secondary N) is 1. The maximum absolute atomic E-state index is 6.04. The summed E-state index contributed by atoms with van der Waals surface area (Å²) >= 11 is 0. The highest BCUT2D eigenvalue weighted by Gasteiger charge is 2.25. The molecule has 1 saturated heterocycles. The van der Waals surface area contributed by atoms with Crippen LogP contribution in [0, 0.1) is 0 Å². The van der Waals surface area contributed by atoms with Gasteiger partial charge in [-0.2, -0.15) is 9.97 Å². The maximum atomic E-state index is 6.04. The van der Waals surface area contributed by atoms with Gasteiger partial charge < -0.3 is 15.8 Å². The smallest absolute Gasteiger partial charge is 0.226 e. The van der Waals surface area contributed by atoms with Gasteiger partial charge in [0.15, 0.2) is 11.5 Å². The fourth-order valence-electron chi connectivity index (χ4n) is 2.97. The maximum Gasteiger partial charge on any atom is 0.226 e. The van der Waals surface area contributed by atoms with Gasteiger partial charge >= 0.3 is 0 Å². The molecule has 1 aliphatic rings. The molecule has 7 nitrogen and oxygen atoms in total. The molecule has 1 fully saturated rings. The number of imidazole rings is 1. The van der Waals surface area contributed by atoms with E-state index in [0.29, 0.717) is 17.3 Å². The van der Waals surface area contributed by atoms with Crippen molar-refractivity contribution in [3.8, 4) is 0 Å². The van der Waals surface area contributed by atoms with Gasteiger partial charge in [-0.25, -0.2) is 4.98 Å². The van der Waals surface area contributed by atoms with E-state index in [2.05, 4.69) is 34.1 Å². The van der Waals surface area contributed by atoms with Crippen molar-refractivity contribution in [1.29, 1.82) is 0 Å². The van der Waals surface area contributed by atoms with Gasteiger partial charge in [0, 0.05) is 6.54 Å². The highest BCUT2D eigenvalue weighted by molar-refractivity contribution is 5.82. The summed E-state index contributed by atoms with van der Waals surface area (Å²) in [7, 11) is 0. The van der Waals surface area contributed by atoms with Gasteiger partial charge in [-0.05, 0) is 26.2 Å². The SMILES string of the molecule is CCCCCCNc1nc(N)c2ncn(C3CCC(C)O3)c2n1. The zero-order valence-electron chi connectivity index (χ0n) is 14.0. The van der Waals surface area contributed by atoms with Crippen LogP contribution in [-0.4, -0.2) is 32.2 Å². The number of aromatic nitrogens is 4. The number of unbranched alkanes of at least 4 members (excludes halogenated alkanes) is 3. The molecule has 0 amide bonds. The third-order valence-corrected chi connectivity index (χ3v) is 4.28. The number of nitrogen functional groups attached to an aromatic ring is 1. The lowest BCUT2D eigenvalue weighted by Gasteiger charge is -2.13. The molecule has 0 aromatic carbocycles. The van der Waals surface area contributed by atoms with Crippen LogP contribution >= 0.6 is 0 Å². The predicted octanol–water partition coefficient (Wildman–Crippen LogP) is 3.10. The Labute approximate surface area is 136 Å². The van der Waals surface area contributed by atoms with Crippen LogP contribution in [0.4, 0.5) is 11.8 Å². The molecule has 0 radical (unpaired) electrons. The monoisotopic (exact) mass is 318 g/mol. The Balaban J connectivity index is 1.76. The van der Waals surface area contributed by atoms with Crippen LogP contribution < -0.4 is 11.1 Å². The first-order valence-electron chi connectivity index (χ1n) is 8.58. The van der Waals surface area contributed by atoms with Crippen molar-refractivity contribution >= 4 is 22.9 Å². The summed E-state index contributed by atoms with van der Waals surface area (Å²) in [5, 5.41) is 3.27. The number of ether oxygens (including phenoxy) is 1. The van der Waals surface area contributed by atoms with Crippen molar-refractivity contribution in [1.82, 2.24) is 19.5 Å². The van der Waals surface area contributed by atoms with Crippen LogP contribution in [0.1, 0.15) is 58.6 Å². The first-order valence-corrected chi connectivity index (χ1v) is 8.58. The molecule has 1 aliphatic heterocycles. The molecular formula is C16H26N6O. The minimum atomic E-state index is -0.0123. The summed E-state index contributed by atoms with van der Waals surface area (Å²) in [6.07, 6.45) is 8.84. The summed E-state index contributed by atoms with van der Waals surface area (Å²) in [5.41, 5.74) is 7.43. The van der Waals surface area contributed by atoms with Crippen molar-refractivity contribution in [3.63, 3.8) is 0 Å². The summed E-state index contributed by atoms with van der Waals surface area (Å²) < 4.78 is 7.89. The lowest BCUT2D eigenvalue weighted by molar-refractivity contribution is 0.0132. The Kier molecular flexibility index (Phi) is 4.95. The molecule has 2 aromatic rings. The summed E-state index contributed by atoms with van der Waals surface area (Å²) in [6, 6.07) is 0. The molecule has 126 valence electrons. The van der Waals surface area contributed by atoms with E-state index in [4.69, 9.17) is 10.5 Å². The van der Waals surface area contributed by atoms with Gasteiger partial charge in [-0.15, -0.1) is 0 Å². The fraction of sp³-hybridized carbons (Fsp3) is 0.688. The third kappa shape index (κ3) is 3.55. The van der Waals surface area contributed by atoms with E-state index >= 15 is 0 Å². The molecular weight excluding hydrogens is 292 g/mol. The molecule has 2 unspecified atom stereocenters. The van der Waals surface area contributed by atoms with Gasteiger partial charge in [0.1, 0.15) is 11.7 Å². The second-order valence-electron chi connectivity index (χ2n) is 6.22. The Morgan fingerprint density at radius 1 is 1.30 bits per heavy atom. The normalized spacial score (nSPS) is 21.1. The van der Waals surface area contributed by atoms with Crippen molar-refractivity contribution in [2.75, 3.05) is 17.6 Å². The molecule has 0 spiro atoms. The zero-order valence-corrected chi connectivity index (χ0v) is 14.0. The minimum Gasteiger partial charge on any atom is -0.382 e. The molecule has 2 aromatic heterocycles. The van der Waals surface area contributed by atoms with E-state index in [1.165, 1.54) is 19.3 Å². The highest BCUT2D eigenvalue weighted by Crippen LogP contribution is 2.31. The predicted molar refractivity (Wildman–Crippen MR) is 91.2 cm³/mol. The van der Waals surface area contributed by atoms with E-state index in [9.17, 15) is 0 Å². The van der Waals surface area contributed by atoms with Gasteiger partial charge in [0.2, 0.25) is 5.95 Å². The van der Waals surface area contributed by atoms with Gasteiger partial charge in [-0.3, -0.25) is 4.57 Å². The van der Waals surface area contributed by atoms with E-state index in [0.717, 1.165) is 31.5 Å². The first kappa shape index (κ1) is 16.0. The van der Waals surface area contributed by atoms with E-state index in [-0.39, 0.29) is 12.3 Å². The number of rotatable bonds is 7. The fourth-order valence-corrected chi connectivity index (χ4v) is 2.97. The number of nitrogens with two attached hydrogens (primary N) is 1. The molecule has 2 atom stereocenters. The summed E-state index contributed by atoms with van der Waals surface area (Å²) in [5.74, 6) is 0.982. The van der Waals surface area contributed by atoms with Gasteiger partial charge in [-0.1, -0.05) is 26.2 Å². The molecule has 0 aliphatic carbocycles. The minimum absolute atomic E-state index is 0.0123. The summed E-state index contributed by atoms with van der Waals surface area (Å²) in [4.78, 5) is 13.3. The standard InChI is InChI=1S/C16H26N6O/c1-3-4-5-6-9-18-16-20-14(17)13-15(21-16)22(10-19-13)12-8-7-11(2)23-12/h10-12H,3-9H2,1-2H3,(H3,17,18,20,21). The third-order valence-electron chi connectivity index (χ3n) is 4.28. The molecule has 3 rings (SSSR count). The van der Waals surface area contributed by atoms with Crippen LogP contribution in [0.15, 0.2) is 6.33 Å². The molecule has 3 N–H and O–H groups in total. The topological polar surface area (TPSA) is 90.9 Å². The van der Waals surface area contributed by atoms with E-state index < -0.39 is 0 Å². The second kappa shape index (κ2) is 7.12. The van der Waals surface area contributed by atoms with Crippen LogP contribution in [0.3, 0.4) is 0 Å². The number of nitrogens with zero attached hydrogens (tertiary/aromatic N) is 4. The van der Waals surface area contributed by atoms with Crippen LogP contribution in [0.2, 0.25) is 0 Å². The zero-order chi connectivity index (χ0) is 16.2. The van der Waals surface area contributed by atoms with Crippen molar-refractivity contribution in [3.05, 3.63) is 6.33 Å². The number of hydrogen-bond acceptors (Lipinski definition) is 6. The van der Waals surface area contributed by atoms with Gasteiger partial charge in [0.05, 0.1) is 12.4 Å². The number of anilines is 2.